The maximum absolute atomic E-state index is 13.8. The molecule has 30 heavy (non-hydrogen) atoms. The summed E-state index contributed by atoms with van der Waals surface area (Å²) in [5, 5.41) is 1.37. The molecule has 0 spiro atoms. The molecule has 4 nitrogen and oxygen atoms in total. The van der Waals surface area contributed by atoms with Gasteiger partial charge in [-0.05, 0) is 24.3 Å². The van der Waals surface area contributed by atoms with Crippen LogP contribution in [0.5, 0.6) is 5.75 Å². The molecule has 0 bridgehead atoms. The van der Waals surface area contributed by atoms with Crippen LogP contribution < -0.4 is 9.64 Å². The number of halogens is 1. The van der Waals surface area contributed by atoms with E-state index in [4.69, 9.17) is 21.1 Å². The minimum atomic E-state index is -0.556. The Balaban J connectivity index is 1.63. The molecule has 1 aromatic heterocycles. The highest BCUT2D eigenvalue weighted by atomic mass is 35.5. The van der Waals surface area contributed by atoms with Crippen molar-refractivity contribution in [3.8, 4) is 5.75 Å². The van der Waals surface area contributed by atoms with Crippen LogP contribution in [0.4, 0.5) is 5.69 Å². The molecule has 0 unspecified atom stereocenters. The zero-order valence-corrected chi connectivity index (χ0v) is 17.7. The van der Waals surface area contributed by atoms with E-state index in [2.05, 4.69) is 0 Å². The molecule has 1 aliphatic rings. The molecule has 2 heterocycles. The summed E-state index contributed by atoms with van der Waals surface area (Å²) in [5.74, 6) is 0.578. The van der Waals surface area contributed by atoms with Crippen LogP contribution in [0.15, 0.2) is 72.8 Å². The first kappa shape index (κ1) is 19.1. The molecule has 6 heteroatoms. The zero-order chi connectivity index (χ0) is 20.7. The highest BCUT2D eigenvalue weighted by Crippen LogP contribution is 2.42. The van der Waals surface area contributed by atoms with E-state index in [1.807, 2.05) is 72.8 Å². The Kier molecular flexibility index (Phi) is 4.95. The first-order valence-electron chi connectivity index (χ1n) is 9.51. The summed E-state index contributed by atoms with van der Waals surface area (Å²) in [6, 6.07) is 23.2. The van der Waals surface area contributed by atoms with Crippen LogP contribution in [-0.4, -0.2) is 13.0 Å². The van der Waals surface area contributed by atoms with Crippen LogP contribution in [-0.2, 0) is 11.3 Å². The molecule has 0 radical (unpaired) electrons. The predicted octanol–water partition coefficient (Wildman–Crippen LogP) is 6.44. The van der Waals surface area contributed by atoms with Crippen molar-refractivity contribution < 1.29 is 14.3 Å². The van der Waals surface area contributed by atoms with E-state index in [1.54, 1.807) is 12.0 Å². The largest absolute Gasteiger partial charge is 0.497 e. The van der Waals surface area contributed by atoms with Gasteiger partial charge in [-0.25, -0.2) is 0 Å². The number of thiophene rings is 1. The molecule has 1 aliphatic heterocycles. The lowest BCUT2D eigenvalue weighted by atomic mass is 10.1. The van der Waals surface area contributed by atoms with E-state index in [9.17, 15) is 4.79 Å². The number of carbonyl (C=O) groups excluding carboxylic acids is 1. The van der Waals surface area contributed by atoms with Crippen molar-refractivity contribution in [1.29, 1.82) is 0 Å². The summed E-state index contributed by atoms with van der Waals surface area (Å²) < 4.78 is 12.4. The molecule has 0 fully saturated rings. The summed E-state index contributed by atoms with van der Waals surface area (Å²) in [6.45, 7) is 0.427. The number of ether oxygens (including phenoxy) is 2. The van der Waals surface area contributed by atoms with Crippen LogP contribution >= 0.6 is 22.9 Å². The molecule has 3 aromatic carbocycles. The number of benzene rings is 3. The Hall–Kier alpha value is -2.86. The SMILES string of the molecule is COc1ccc([C@@H]2OCc3ccccc3N2C(=O)c2sc3ccccc3c2Cl)cc1. The Morgan fingerprint density at radius 3 is 2.57 bits per heavy atom. The monoisotopic (exact) mass is 435 g/mol. The average Bonchev–Trinajstić information content (AvgIpc) is 3.14. The van der Waals surface area contributed by atoms with E-state index in [0.29, 0.717) is 16.5 Å². The van der Waals surface area contributed by atoms with Crippen LogP contribution in [0.3, 0.4) is 0 Å². The second-order valence-electron chi connectivity index (χ2n) is 6.98. The number of rotatable bonds is 3. The van der Waals surface area contributed by atoms with E-state index in [1.165, 1.54) is 11.3 Å². The van der Waals surface area contributed by atoms with Gasteiger partial charge in [-0.1, -0.05) is 60.1 Å². The Morgan fingerprint density at radius 2 is 1.80 bits per heavy atom. The summed E-state index contributed by atoms with van der Waals surface area (Å²) in [7, 11) is 1.63. The summed E-state index contributed by atoms with van der Waals surface area (Å²) in [6.07, 6.45) is -0.556. The van der Waals surface area contributed by atoms with E-state index < -0.39 is 6.23 Å². The number of methoxy groups -OCH3 is 1. The first-order chi connectivity index (χ1) is 14.7. The Morgan fingerprint density at radius 1 is 1.07 bits per heavy atom. The second kappa shape index (κ2) is 7.76. The van der Waals surface area contributed by atoms with Gasteiger partial charge in [-0.15, -0.1) is 11.3 Å². The van der Waals surface area contributed by atoms with E-state index in [-0.39, 0.29) is 5.91 Å². The van der Waals surface area contributed by atoms with E-state index in [0.717, 1.165) is 32.6 Å². The topological polar surface area (TPSA) is 38.8 Å². The lowest BCUT2D eigenvalue weighted by Crippen LogP contribution is -2.39. The number of fused-ring (bicyclic) bond motifs is 2. The second-order valence-corrected chi connectivity index (χ2v) is 8.41. The lowest BCUT2D eigenvalue weighted by molar-refractivity contribution is 0.0255. The average molecular weight is 436 g/mol. The van der Waals surface area contributed by atoms with Gasteiger partial charge in [0.05, 0.1) is 24.4 Å². The maximum atomic E-state index is 13.8. The maximum Gasteiger partial charge on any atom is 0.272 e. The molecule has 1 amide bonds. The van der Waals surface area contributed by atoms with Crippen LogP contribution in [0, 0.1) is 0 Å². The minimum absolute atomic E-state index is 0.172. The smallest absolute Gasteiger partial charge is 0.272 e. The van der Waals surface area contributed by atoms with Gasteiger partial charge in [-0.2, -0.15) is 0 Å². The van der Waals surface area contributed by atoms with Crippen molar-refractivity contribution in [2.45, 2.75) is 12.8 Å². The molecular formula is C24H18ClNO3S. The third-order valence-corrected chi connectivity index (χ3v) is 6.89. The molecule has 0 saturated heterocycles. The molecule has 5 rings (SSSR count). The van der Waals surface area contributed by atoms with E-state index >= 15 is 0 Å². The van der Waals surface area contributed by atoms with Crippen molar-refractivity contribution in [1.82, 2.24) is 0 Å². The quantitative estimate of drug-likeness (QED) is 0.371. The normalized spacial score (nSPS) is 15.8. The summed E-state index contributed by atoms with van der Waals surface area (Å²) in [4.78, 5) is 16.0. The van der Waals surface area contributed by atoms with Crippen molar-refractivity contribution in [3.05, 3.63) is 93.8 Å². The van der Waals surface area contributed by atoms with Crippen molar-refractivity contribution in [2.75, 3.05) is 12.0 Å². The van der Waals surface area contributed by atoms with Crippen LogP contribution in [0.25, 0.3) is 10.1 Å². The number of para-hydroxylation sites is 1. The minimum Gasteiger partial charge on any atom is -0.497 e. The molecule has 0 N–H and O–H groups in total. The van der Waals surface area contributed by atoms with Gasteiger partial charge in [0.1, 0.15) is 10.6 Å². The molecule has 1 atom stereocenters. The van der Waals surface area contributed by atoms with Crippen molar-refractivity contribution >= 4 is 44.6 Å². The summed E-state index contributed by atoms with van der Waals surface area (Å²) >= 11 is 8.04. The lowest BCUT2D eigenvalue weighted by Gasteiger charge is -2.37. The Bertz CT molecular complexity index is 1230. The van der Waals surface area contributed by atoms with Crippen molar-refractivity contribution in [3.63, 3.8) is 0 Å². The van der Waals surface area contributed by atoms with Gasteiger partial charge >= 0.3 is 0 Å². The molecule has 0 aliphatic carbocycles. The fraction of sp³-hybridized carbons (Fsp3) is 0.125. The molecule has 4 aromatic rings. The van der Waals surface area contributed by atoms with Gasteiger partial charge in [0.15, 0.2) is 6.23 Å². The Labute approximate surface area is 183 Å². The van der Waals surface area contributed by atoms with Gasteiger partial charge in [-0.3, -0.25) is 9.69 Å². The molecular weight excluding hydrogens is 418 g/mol. The molecule has 0 saturated carbocycles. The fourth-order valence-corrected chi connectivity index (χ4v) is 5.18. The van der Waals surface area contributed by atoms with Gasteiger partial charge in [0.25, 0.3) is 5.91 Å². The third-order valence-electron chi connectivity index (χ3n) is 5.23. The number of hydrogen-bond acceptors (Lipinski definition) is 4. The van der Waals surface area contributed by atoms with Crippen molar-refractivity contribution in [2.24, 2.45) is 0 Å². The highest BCUT2D eigenvalue weighted by molar-refractivity contribution is 7.21. The first-order valence-corrected chi connectivity index (χ1v) is 10.7. The number of anilines is 1. The number of carbonyl (C=O) groups is 1. The van der Waals surface area contributed by atoms with Gasteiger partial charge in [0, 0.05) is 21.2 Å². The highest BCUT2D eigenvalue weighted by Gasteiger charge is 2.35. The number of nitrogens with zero attached hydrogens (tertiary/aromatic N) is 1. The number of amides is 1. The van der Waals surface area contributed by atoms with Gasteiger partial charge in [0.2, 0.25) is 0 Å². The zero-order valence-electron chi connectivity index (χ0n) is 16.2. The third kappa shape index (κ3) is 3.16. The fourth-order valence-electron chi connectivity index (χ4n) is 3.73. The standard InChI is InChI=1S/C24H18ClNO3S/c1-28-17-12-10-15(11-13-17)24-26(19-8-4-2-6-16(19)14-29-24)23(27)22-21(25)18-7-3-5-9-20(18)30-22/h2-13,24H,14H2,1H3/t24-/m0/s1. The van der Waals surface area contributed by atoms with Gasteiger partial charge < -0.3 is 9.47 Å². The number of hydrogen-bond donors (Lipinski definition) is 0. The van der Waals surface area contributed by atoms with Crippen LogP contribution in [0.1, 0.15) is 27.0 Å². The molecule has 150 valence electrons. The predicted molar refractivity (Wildman–Crippen MR) is 121 cm³/mol. The van der Waals surface area contributed by atoms with Crippen LogP contribution in [0.2, 0.25) is 5.02 Å². The summed E-state index contributed by atoms with van der Waals surface area (Å²) in [5.41, 5.74) is 2.67.